The maximum absolute atomic E-state index is 12.0. The van der Waals surface area contributed by atoms with E-state index in [0.717, 1.165) is 77.5 Å². The highest BCUT2D eigenvalue weighted by Gasteiger charge is 2.51. The molecule has 20 heteroatoms. The lowest BCUT2D eigenvalue weighted by Crippen LogP contribution is -2.41. The Morgan fingerprint density at radius 3 is 1.61 bits per heavy atom. The Balaban J connectivity index is 0.000000152. The van der Waals surface area contributed by atoms with Crippen LogP contribution in [0.5, 0.6) is 0 Å². The maximum atomic E-state index is 12.0. The van der Waals surface area contributed by atoms with Gasteiger partial charge in [0.1, 0.15) is 23.3 Å². The van der Waals surface area contributed by atoms with Crippen molar-refractivity contribution in [1.82, 2.24) is 39.2 Å². The molecular formula is C60H72BClN12O6. The van der Waals surface area contributed by atoms with Crippen LogP contribution in [-0.4, -0.2) is 110 Å². The zero-order valence-corrected chi connectivity index (χ0v) is 48.6. The number of benzene rings is 2. The third kappa shape index (κ3) is 13.0. The Bertz CT molecular complexity index is 3480. The fourth-order valence-electron chi connectivity index (χ4n) is 9.92. The van der Waals surface area contributed by atoms with Gasteiger partial charge in [-0.1, -0.05) is 89.5 Å². The van der Waals surface area contributed by atoms with Gasteiger partial charge in [0.2, 0.25) is 0 Å². The molecule has 18 nitrogen and oxygen atoms in total. The summed E-state index contributed by atoms with van der Waals surface area (Å²) < 4.78 is 24.8. The molecule has 9 heterocycles. The van der Waals surface area contributed by atoms with Gasteiger partial charge in [-0.3, -0.25) is 0 Å². The SMILES string of the molecule is CC(C)(C)C1CCN(c2cccc(Nc3cc(Cl)nn4ccnc34)n2)C1.COC(=O)c1cccc(-c2cc(Nc3cccc(N4CCC(C(C)(C)C)C4)n3)c3nccn3n2)c1.COC(=O)c1cccc(B2OC(C)(C)C(C)(C)O2)c1. The van der Waals surface area contributed by atoms with Gasteiger partial charge in [-0.25, -0.2) is 38.6 Å². The van der Waals surface area contributed by atoms with Crippen molar-refractivity contribution in [3.63, 3.8) is 0 Å². The summed E-state index contributed by atoms with van der Waals surface area (Å²) in [7, 11) is 2.28. The number of nitrogens with zero attached hydrogens (tertiary/aromatic N) is 10. The van der Waals surface area contributed by atoms with Gasteiger partial charge in [-0.15, -0.1) is 0 Å². The summed E-state index contributed by atoms with van der Waals surface area (Å²) in [5.74, 6) is 4.07. The summed E-state index contributed by atoms with van der Waals surface area (Å²) in [5.41, 5.74) is 6.10. The second kappa shape index (κ2) is 23.2. The summed E-state index contributed by atoms with van der Waals surface area (Å²) in [4.78, 5) is 46.8. The molecule has 80 heavy (non-hydrogen) atoms. The molecule has 2 aromatic carbocycles. The number of rotatable bonds is 10. The van der Waals surface area contributed by atoms with Gasteiger partial charge in [0, 0.05) is 62.6 Å². The molecule has 3 aliphatic rings. The van der Waals surface area contributed by atoms with Crippen LogP contribution in [-0.2, 0) is 18.8 Å². The van der Waals surface area contributed by atoms with Crippen molar-refractivity contribution >= 4 is 82.1 Å². The van der Waals surface area contributed by atoms with Crippen LogP contribution in [0.25, 0.3) is 22.6 Å². The van der Waals surface area contributed by atoms with E-state index in [-0.39, 0.29) is 28.6 Å². The summed E-state index contributed by atoms with van der Waals surface area (Å²) in [5, 5.41) is 16.1. The molecule has 0 amide bonds. The molecule has 2 atom stereocenters. The van der Waals surface area contributed by atoms with E-state index in [2.05, 4.69) is 94.3 Å². The standard InChI is InChI=1S/C27H30N6O2.C19H23ClN6.C14H19BO4/c1-27(2,3)20-11-13-32(17-20)24-10-6-9-23(30-24)29-22-16-21(31-33-14-12-28-25(22)33)18-7-5-8-19(15-18)26(34)35-4;1-19(2,3)13-7-9-25(12-13)17-6-4-5-16(23-17)22-14-11-15(20)24-26-10-8-21-18(14)26;1-13(2)14(3,4)19-15(18-13)11-8-6-7-10(9-11)12(16)17-5/h5-10,12,14-16,20H,11,13,17H2,1-4H3,(H,29,30);4-6,8,10-11,13H,7,9,12H2,1-3H3,(H,22,23);6-9H,1-5H3. The molecule has 3 fully saturated rings. The number of methoxy groups -OCH3 is 2. The number of anilines is 6. The van der Waals surface area contributed by atoms with Crippen LogP contribution < -0.4 is 25.9 Å². The predicted octanol–water partition coefficient (Wildman–Crippen LogP) is 11.4. The van der Waals surface area contributed by atoms with Crippen molar-refractivity contribution in [2.75, 3.05) is 60.8 Å². The van der Waals surface area contributed by atoms with Gasteiger partial charge < -0.3 is 39.2 Å². The number of hydrogen-bond donors (Lipinski definition) is 2. The number of esters is 2. The van der Waals surface area contributed by atoms with Crippen molar-refractivity contribution in [1.29, 1.82) is 0 Å². The number of carbonyl (C=O) groups is 2. The molecule has 6 aromatic heterocycles. The Kier molecular flexibility index (Phi) is 16.6. The molecule has 3 aliphatic heterocycles. The maximum Gasteiger partial charge on any atom is 0.494 e. The van der Waals surface area contributed by atoms with Gasteiger partial charge in [0.05, 0.1) is 53.6 Å². The van der Waals surface area contributed by atoms with Crippen molar-refractivity contribution in [3.8, 4) is 11.3 Å². The number of halogens is 1. The van der Waals surface area contributed by atoms with Crippen LogP contribution >= 0.6 is 11.6 Å². The number of fused-ring (bicyclic) bond motifs is 2. The van der Waals surface area contributed by atoms with Crippen molar-refractivity contribution in [3.05, 3.63) is 138 Å². The Morgan fingerprint density at radius 2 is 1.11 bits per heavy atom. The molecule has 0 saturated carbocycles. The highest BCUT2D eigenvalue weighted by atomic mass is 35.5. The second-order valence-corrected chi connectivity index (χ2v) is 24.0. The fourth-order valence-corrected chi connectivity index (χ4v) is 10.1. The van der Waals surface area contributed by atoms with Crippen molar-refractivity contribution < 1.29 is 28.4 Å². The average molecular weight is 1100 g/mol. The van der Waals surface area contributed by atoms with E-state index in [9.17, 15) is 9.59 Å². The van der Waals surface area contributed by atoms with E-state index in [1.165, 1.54) is 27.1 Å². The zero-order valence-electron chi connectivity index (χ0n) is 47.8. The normalized spacial score (nSPS) is 17.6. The third-order valence-electron chi connectivity index (χ3n) is 15.6. The second-order valence-electron chi connectivity index (χ2n) is 23.6. The summed E-state index contributed by atoms with van der Waals surface area (Å²) in [6, 6.07) is 30.2. The highest BCUT2D eigenvalue weighted by molar-refractivity contribution is 6.62. The lowest BCUT2D eigenvalue weighted by atomic mass is 9.78. The minimum Gasteiger partial charge on any atom is -0.465 e. The lowest BCUT2D eigenvalue weighted by molar-refractivity contribution is 0.00578. The molecule has 2 unspecified atom stereocenters. The number of carbonyl (C=O) groups excluding carboxylic acids is 2. The molecular weight excluding hydrogens is 1030 g/mol. The van der Waals surface area contributed by atoms with Gasteiger partial charge >= 0.3 is 19.1 Å². The van der Waals surface area contributed by atoms with Crippen LogP contribution in [0.3, 0.4) is 0 Å². The van der Waals surface area contributed by atoms with Crippen molar-refractivity contribution in [2.24, 2.45) is 22.7 Å². The van der Waals surface area contributed by atoms with Crippen LogP contribution in [0, 0.1) is 22.7 Å². The number of hydrogen-bond acceptors (Lipinski definition) is 16. The van der Waals surface area contributed by atoms with Gasteiger partial charge in [0.25, 0.3) is 0 Å². The zero-order chi connectivity index (χ0) is 57.1. The first-order valence-corrected chi connectivity index (χ1v) is 27.4. The molecule has 0 bridgehead atoms. The molecule has 418 valence electrons. The topological polar surface area (TPSA) is 188 Å². The number of ether oxygens (including phenoxy) is 2. The van der Waals surface area contributed by atoms with E-state index in [1.54, 1.807) is 70.2 Å². The Hall–Kier alpha value is -7.61. The Labute approximate surface area is 473 Å². The Morgan fingerprint density at radius 1 is 0.637 bits per heavy atom. The van der Waals surface area contributed by atoms with E-state index >= 15 is 0 Å². The largest absolute Gasteiger partial charge is 0.494 e. The number of pyridine rings is 2. The van der Waals surface area contributed by atoms with Gasteiger partial charge in [-0.2, -0.15) is 10.2 Å². The molecule has 8 aromatic rings. The third-order valence-corrected chi connectivity index (χ3v) is 15.8. The van der Waals surface area contributed by atoms with Crippen LogP contribution in [0.2, 0.25) is 5.15 Å². The molecule has 0 aliphatic carbocycles. The molecule has 0 radical (unpaired) electrons. The first-order valence-electron chi connectivity index (χ1n) is 27.0. The fraction of sp³-hybridized carbons (Fsp3) is 0.400. The lowest BCUT2D eigenvalue weighted by Gasteiger charge is -2.32. The van der Waals surface area contributed by atoms with E-state index < -0.39 is 7.12 Å². The van der Waals surface area contributed by atoms with Crippen LogP contribution in [0.15, 0.2) is 122 Å². The average Bonchev–Trinajstić information content (AvgIpc) is 4.35. The first-order chi connectivity index (χ1) is 38.0. The van der Waals surface area contributed by atoms with Gasteiger partial charge in [-0.05, 0) is 123 Å². The first kappa shape index (κ1) is 57.1. The molecule has 11 rings (SSSR count). The van der Waals surface area contributed by atoms with E-state index in [1.807, 2.05) is 76.2 Å². The van der Waals surface area contributed by atoms with Gasteiger partial charge in [0.15, 0.2) is 16.4 Å². The monoisotopic (exact) mass is 1100 g/mol. The van der Waals surface area contributed by atoms with Crippen molar-refractivity contribution in [2.45, 2.75) is 93.3 Å². The smallest absolute Gasteiger partial charge is 0.465 e. The van der Waals surface area contributed by atoms with E-state index in [4.69, 9.17) is 40.4 Å². The molecule has 3 saturated heterocycles. The summed E-state index contributed by atoms with van der Waals surface area (Å²) in [6.07, 6.45) is 9.36. The predicted molar refractivity (Wildman–Crippen MR) is 316 cm³/mol. The van der Waals surface area contributed by atoms with E-state index in [0.29, 0.717) is 44.9 Å². The van der Waals surface area contributed by atoms with Crippen LogP contribution in [0.4, 0.5) is 34.6 Å². The summed E-state index contributed by atoms with van der Waals surface area (Å²) in [6.45, 7) is 26.0. The number of nitrogens with one attached hydrogen (secondary N) is 2. The summed E-state index contributed by atoms with van der Waals surface area (Å²) >= 11 is 6.11. The minimum atomic E-state index is -0.463. The number of imidazole rings is 2. The highest BCUT2D eigenvalue weighted by Crippen LogP contribution is 2.39. The molecule has 2 N–H and O–H groups in total. The quantitative estimate of drug-likeness (QED) is 0.0971. The molecule has 0 spiro atoms. The minimum absolute atomic E-state index is 0.287. The van der Waals surface area contributed by atoms with Crippen LogP contribution in [0.1, 0.15) is 103 Å². The number of aromatic nitrogens is 8.